The van der Waals surface area contributed by atoms with Crippen molar-refractivity contribution in [2.24, 2.45) is 5.73 Å². The fraction of sp³-hybridized carbons (Fsp3) is 0.588. The molecule has 13 nitrogen and oxygen atoms in total. The van der Waals surface area contributed by atoms with Gasteiger partial charge in [-0.15, -0.1) is 6.42 Å². The van der Waals surface area contributed by atoms with E-state index in [0.717, 1.165) is 16.8 Å². The monoisotopic (exact) mass is 460 g/mol. The second-order valence-corrected chi connectivity index (χ2v) is 8.39. The molecule has 0 radical (unpaired) electrons. The standard InChI is InChI=1S/C17H25N4O9P/c1-5-16(26)13(24)17(18,30-14(16)21-7-6-11(22)19-15(21)25)8-28-31(27)20-10(4)12(23)29-9(2)3/h1,6-7,9-10,13-14,24,26,31H,8,18H2,2-4H3,(H,20,27)(H,19,22,25)/t10-,13-,14+,16+,17+/m0/s1. The first kappa shape index (κ1) is 25.0. The van der Waals surface area contributed by atoms with Crippen LogP contribution in [0.25, 0.3) is 0 Å². The minimum absolute atomic E-state index is 0.371. The number of H-pyrrole nitrogens is 1. The van der Waals surface area contributed by atoms with E-state index < -0.39 is 61.7 Å². The summed E-state index contributed by atoms with van der Waals surface area (Å²) in [7, 11) is -3.08. The molecule has 1 aliphatic rings. The summed E-state index contributed by atoms with van der Waals surface area (Å²) in [5, 5.41) is 23.7. The molecule has 0 saturated carbocycles. The summed E-state index contributed by atoms with van der Waals surface area (Å²) in [6, 6.07) is 0.00790. The number of aromatic nitrogens is 2. The van der Waals surface area contributed by atoms with Gasteiger partial charge in [0, 0.05) is 12.3 Å². The van der Waals surface area contributed by atoms with E-state index in [1.54, 1.807) is 13.8 Å². The molecule has 14 heteroatoms. The van der Waals surface area contributed by atoms with Crippen molar-refractivity contribution >= 4 is 14.1 Å². The van der Waals surface area contributed by atoms with E-state index in [2.05, 4.69) is 5.09 Å². The first-order valence-corrected chi connectivity index (χ1v) is 10.5. The summed E-state index contributed by atoms with van der Waals surface area (Å²) in [5.41, 5.74) is -0.376. The van der Waals surface area contributed by atoms with Crippen molar-refractivity contribution in [2.75, 3.05) is 6.61 Å². The number of carbonyl (C=O) groups excluding carboxylic acids is 1. The fourth-order valence-electron chi connectivity index (χ4n) is 2.80. The lowest BCUT2D eigenvalue weighted by Crippen LogP contribution is -2.58. The molecule has 1 aliphatic heterocycles. The number of hydrogen-bond donors (Lipinski definition) is 5. The lowest BCUT2D eigenvalue weighted by molar-refractivity contribution is -0.149. The van der Waals surface area contributed by atoms with Crippen LogP contribution in [0.15, 0.2) is 21.9 Å². The van der Waals surface area contributed by atoms with Crippen LogP contribution < -0.4 is 22.1 Å². The number of aliphatic hydroxyl groups is 2. The third-order valence-corrected chi connectivity index (χ3v) is 5.47. The Morgan fingerprint density at radius 2 is 2.16 bits per heavy atom. The average Bonchev–Trinajstić information content (AvgIpc) is 2.88. The predicted molar refractivity (Wildman–Crippen MR) is 107 cm³/mol. The summed E-state index contributed by atoms with van der Waals surface area (Å²) in [5.74, 6) is 1.28. The van der Waals surface area contributed by atoms with Crippen LogP contribution in [0, 0.1) is 12.3 Å². The molecule has 1 aromatic heterocycles. The first-order chi connectivity index (χ1) is 14.3. The van der Waals surface area contributed by atoms with Gasteiger partial charge in [0.05, 0.1) is 6.10 Å². The number of nitrogens with zero attached hydrogens (tertiary/aromatic N) is 1. The molecular formula is C17H25N4O9P. The molecule has 0 aromatic carbocycles. The maximum Gasteiger partial charge on any atom is 0.330 e. The molecule has 6 N–H and O–H groups in total. The van der Waals surface area contributed by atoms with Crippen LogP contribution >= 0.6 is 8.18 Å². The number of ether oxygens (including phenoxy) is 2. The number of esters is 1. The van der Waals surface area contributed by atoms with Crippen LogP contribution in [0.1, 0.15) is 27.0 Å². The highest BCUT2D eigenvalue weighted by Gasteiger charge is 2.62. The summed E-state index contributed by atoms with van der Waals surface area (Å²) in [6.07, 6.45) is 2.29. The Kier molecular flexibility index (Phi) is 7.61. The molecule has 1 unspecified atom stereocenters. The van der Waals surface area contributed by atoms with Gasteiger partial charge in [-0.3, -0.25) is 29.4 Å². The van der Waals surface area contributed by atoms with E-state index in [1.165, 1.54) is 6.92 Å². The van der Waals surface area contributed by atoms with Gasteiger partial charge in [0.1, 0.15) is 18.8 Å². The molecule has 0 spiro atoms. The number of nitrogens with two attached hydrogens (primary N) is 1. The van der Waals surface area contributed by atoms with Crippen molar-refractivity contribution in [1.82, 2.24) is 14.6 Å². The average molecular weight is 460 g/mol. The minimum atomic E-state index is -3.08. The van der Waals surface area contributed by atoms with Crippen molar-refractivity contribution < 1.29 is 33.6 Å². The molecule has 172 valence electrons. The Labute approximate surface area is 177 Å². The second-order valence-electron chi connectivity index (χ2n) is 7.24. The maximum absolute atomic E-state index is 12.2. The Morgan fingerprint density at radius 1 is 1.52 bits per heavy atom. The number of hydrogen-bond acceptors (Lipinski definition) is 10. The summed E-state index contributed by atoms with van der Waals surface area (Å²) in [4.78, 5) is 37.1. The number of carbonyl (C=O) groups is 1. The summed E-state index contributed by atoms with van der Waals surface area (Å²) in [6.45, 7) is 3.98. The predicted octanol–water partition coefficient (Wildman–Crippen LogP) is -2.22. The lowest BCUT2D eigenvalue weighted by Gasteiger charge is -2.28. The maximum atomic E-state index is 12.2. The largest absolute Gasteiger partial charge is 0.462 e. The minimum Gasteiger partial charge on any atom is -0.462 e. The Morgan fingerprint density at radius 3 is 2.71 bits per heavy atom. The normalized spacial score (nSPS) is 30.0. The van der Waals surface area contributed by atoms with Crippen LogP contribution in [-0.4, -0.2) is 61.9 Å². The Balaban J connectivity index is 2.15. The third-order valence-electron chi connectivity index (χ3n) is 4.39. The summed E-state index contributed by atoms with van der Waals surface area (Å²) >= 11 is 0. The molecule has 1 fully saturated rings. The van der Waals surface area contributed by atoms with E-state index >= 15 is 0 Å². The van der Waals surface area contributed by atoms with E-state index in [4.69, 9.17) is 26.2 Å². The van der Waals surface area contributed by atoms with Gasteiger partial charge in [-0.05, 0) is 20.8 Å². The molecule has 0 bridgehead atoms. The zero-order valence-electron chi connectivity index (χ0n) is 17.0. The van der Waals surface area contributed by atoms with Crippen LogP contribution in [0.5, 0.6) is 0 Å². The number of nitrogens with one attached hydrogen (secondary N) is 2. The van der Waals surface area contributed by atoms with Crippen LogP contribution in [0.2, 0.25) is 0 Å². The molecule has 31 heavy (non-hydrogen) atoms. The van der Waals surface area contributed by atoms with Gasteiger partial charge < -0.3 is 24.2 Å². The van der Waals surface area contributed by atoms with E-state index in [9.17, 15) is 29.2 Å². The molecule has 1 aromatic rings. The Hall–Kier alpha value is -2.30. The van der Waals surface area contributed by atoms with Crippen LogP contribution in [-0.2, 0) is 23.4 Å². The van der Waals surface area contributed by atoms with Gasteiger partial charge in [0.25, 0.3) is 13.7 Å². The molecule has 2 rings (SSSR count). The zero-order chi connectivity index (χ0) is 23.6. The quantitative estimate of drug-likeness (QED) is 0.160. The fourth-order valence-corrected chi connectivity index (χ4v) is 3.72. The van der Waals surface area contributed by atoms with Gasteiger partial charge in [0.15, 0.2) is 12.0 Å². The van der Waals surface area contributed by atoms with Crippen LogP contribution in [0.4, 0.5) is 0 Å². The van der Waals surface area contributed by atoms with Crippen molar-refractivity contribution in [3.8, 4) is 12.3 Å². The van der Waals surface area contributed by atoms with Crippen molar-refractivity contribution in [3.05, 3.63) is 33.1 Å². The van der Waals surface area contributed by atoms with Gasteiger partial charge in [-0.1, -0.05) is 5.92 Å². The molecule has 1 saturated heterocycles. The van der Waals surface area contributed by atoms with E-state index in [1.807, 2.05) is 10.9 Å². The molecule has 6 atom stereocenters. The SMILES string of the molecule is C#C[C@]1(O)[C@H](n2ccc(=O)[nH]c2=O)O[C@](N)(CO[PH](=O)N[C@@H](C)C(=O)OC(C)C)[C@H]1O. The third kappa shape index (κ3) is 5.31. The first-order valence-electron chi connectivity index (χ1n) is 9.14. The molecule has 0 aliphatic carbocycles. The van der Waals surface area contributed by atoms with Crippen molar-refractivity contribution in [2.45, 2.75) is 56.6 Å². The molecular weight excluding hydrogens is 435 g/mol. The molecule has 0 amide bonds. The van der Waals surface area contributed by atoms with Crippen molar-refractivity contribution in [1.29, 1.82) is 0 Å². The highest BCUT2D eigenvalue weighted by atomic mass is 31.1. The number of rotatable bonds is 8. The highest BCUT2D eigenvalue weighted by Crippen LogP contribution is 2.42. The topological polar surface area (TPSA) is 195 Å². The zero-order valence-corrected chi connectivity index (χ0v) is 18.0. The Bertz CT molecular complexity index is 1000. The second kappa shape index (κ2) is 9.46. The number of aliphatic hydroxyl groups excluding tert-OH is 1. The smallest absolute Gasteiger partial charge is 0.330 e. The summed E-state index contributed by atoms with van der Waals surface area (Å²) < 4.78 is 28.4. The number of terminal acetylenes is 1. The van der Waals surface area contributed by atoms with E-state index in [-0.39, 0.29) is 6.10 Å². The van der Waals surface area contributed by atoms with Gasteiger partial charge >= 0.3 is 11.7 Å². The lowest BCUT2D eigenvalue weighted by atomic mass is 9.92. The van der Waals surface area contributed by atoms with Crippen LogP contribution in [0.3, 0.4) is 0 Å². The van der Waals surface area contributed by atoms with E-state index in [0.29, 0.717) is 0 Å². The van der Waals surface area contributed by atoms with Gasteiger partial charge in [-0.2, -0.15) is 0 Å². The van der Waals surface area contributed by atoms with Crippen molar-refractivity contribution in [3.63, 3.8) is 0 Å². The number of aromatic amines is 1. The van der Waals surface area contributed by atoms with Gasteiger partial charge in [-0.25, -0.2) is 9.88 Å². The van der Waals surface area contributed by atoms with Gasteiger partial charge in [0.2, 0.25) is 5.60 Å². The highest BCUT2D eigenvalue weighted by molar-refractivity contribution is 7.36. The molecule has 2 heterocycles.